The van der Waals surface area contributed by atoms with Gasteiger partial charge < -0.3 is 9.80 Å². The summed E-state index contributed by atoms with van der Waals surface area (Å²) in [5, 5.41) is 10.1. The molecule has 7 nitrogen and oxygen atoms in total. The average Bonchev–Trinajstić information content (AvgIpc) is 3.40. The van der Waals surface area contributed by atoms with Gasteiger partial charge in [-0.05, 0) is 62.1 Å². The van der Waals surface area contributed by atoms with Crippen molar-refractivity contribution in [1.29, 1.82) is 0 Å². The van der Waals surface area contributed by atoms with Crippen LogP contribution in [-0.4, -0.2) is 56.4 Å². The standard InChI is InChI=1S/C25H28ClN7/c1-17-3-6-21(27-10-17)30-13-25(14-30)15-31(16-25)23-29-28-22-12-32(24(2)7-8-24)11-18-9-19(26)4-5-20(18)33(22)23/h3-6,9-10H,7-8,11-16H2,1-2H3. The molecule has 1 saturated carbocycles. The molecule has 2 aromatic heterocycles. The lowest BCUT2D eigenvalue weighted by Crippen LogP contribution is -2.73. The van der Waals surface area contributed by atoms with Gasteiger partial charge in [0.1, 0.15) is 5.82 Å². The highest BCUT2D eigenvalue weighted by Gasteiger charge is 2.53. The van der Waals surface area contributed by atoms with Crippen molar-refractivity contribution in [3.63, 3.8) is 0 Å². The minimum atomic E-state index is 0.265. The maximum atomic E-state index is 6.41. The molecule has 7 rings (SSSR count). The summed E-state index contributed by atoms with van der Waals surface area (Å²) in [4.78, 5) is 11.9. The molecule has 3 aliphatic heterocycles. The molecular formula is C25H28ClN7. The van der Waals surface area contributed by atoms with Crippen LogP contribution in [0.2, 0.25) is 5.02 Å². The number of benzene rings is 1. The number of hydrogen-bond donors (Lipinski definition) is 0. The van der Waals surface area contributed by atoms with Crippen LogP contribution < -0.4 is 9.80 Å². The number of fused-ring (bicyclic) bond motifs is 3. The Morgan fingerprint density at radius 2 is 1.73 bits per heavy atom. The second-order valence-electron chi connectivity index (χ2n) is 10.8. The minimum absolute atomic E-state index is 0.265. The van der Waals surface area contributed by atoms with Gasteiger partial charge in [0.25, 0.3) is 0 Å². The molecule has 1 spiro atoms. The zero-order valence-electron chi connectivity index (χ0n) is 19.1. The molecule has 8 heteroatoms. The number of halogens is 1. The van der Waals surface area contributed by atoms with Crippen molar-refractivity contribution in [2.45, 2.75) is 45.3 Å². The molecule has 170 valence electrons. The van der Waals surface area contributed by atoms with Gasteiger partial charge in [-0.25, -0.2) is 4.98 Å². The summed E-state index contributed by atoms with van der Waals surface area (Å²) in [6.07, 6.45) is 4.43. The van der Waals surface area contributed by atoms with Gasteiger partial charge in [-0.2, -0.15) is 0 Å². The van der Waals surface area contributed by atoms with E-state index in [4.69, 9.17) is 11.6 Å². The fourth-order valence-corrected chi connectivity index (χ4v) is 5.94. The van der Waals surface area contributed by atoms with Crippen molar-refractivity contribution in [3.8, 4) is 5.69 Å². The maximum Gasteiger partial charge on any atom is 0.231 e. The van der Waals surface area contributed by atoms with Crippen LogP contribution in [0, 0.1) is 12.3 Å². The van der Waals surface area contributed by atoms with Gasteiger partial charge in [0.05, 0.1) is 12.2 Å². The number of nitrogens with zero attached hydrogens (tertiary/aromatic N) is 7. The van der Waals surface area contributed by atoms with Gasteiger partial charge in [0, 0.05) is 54.9 Å². The summed E-state index contributed by atoms with van der Waals surface area (Å²) >= 11 is 6.41. The molecule has 5 heterocycles. The van der Waals surface area contributed by atoms with Crippen molar-refractivity contribution in [1.82, 2.24) is 24.6 Å². The van der Waals surface area contributed by atoms with E-state index < -0.39 is 0 Å². The van der Waals surface area contributed by atoms with Crippen LogP contribution in [0.4, 0.5) is 11.8 Å². The third kappa shape index (κ3) is 3.09. The molecule has 0 N–H and O–H groups in total. The van der Waals surface area contributed by atoms with Crippen LogP contribution in [0.5, 0.6) is 0 Å². The number of pyridine rings is 1. The second kappa shape index (κ2) is 6.70. The molecule has 1 aliphatic carbocycles. The highest BCUT2D eigenvalue weighted by atomic mass is 35.5. The molecule has 0 unspecified atom stereocenters. The second-order valence-corrected chi connectivity index (χ2v) is 11.2. The monoisotopic (exact) mass is 461 g/mol. The van der Waals surface area contributed by atoms with Crippen molar-refractivity contribution in [2.75, 3.05) is 36.0 Å². The third-order valence-corrected chi connectivity index (χ3v) is 8.27. The molecule has 0 atom stereocenters. The maximum absolute atomic E-state index is 6.41. The van der Waals surface area contributed by atoms with Gasteiger partial charge in [0.2, 0.25) is 5.95 Å². The Labute approximate surface area is 199 Å². The van der Waals surface area contributed by atoms with E-state index in [1.807, 2.05) is 12.3 Å². The highest BCUT2D eigenvalue weighted by molar-refractivity contribution is 6.30. The first-order valence-corrected chi connectivity index (χ1v) is 12.2. The van der Waals surface area contributed by atoms with Crippen molar-refractivity contribution < 1.29 is 0 Å². The van der Waals surface area contributed by atoms with E-state index in [2.05, 4.69) is 72.6 Å². The van der Waals surface area contributed by atoms with E-state index in [-0.39, 0.29) is 5.54 Å². The molecule has 3 fully saturated rings. The molecule has 0 bridgehead atoms. The molecule has 2 saturated heterocycles. The predicted molar refractivity (Wildman–Crippen MR) is 129 cm³/mol. The lowest BCUT2D eigenvalue weighted by atomic mass is 9.73. The number of anilines is 2. The fourth-order valence-electron chi connectivity index (χ4n) is 5.75. The lowest BCUT2D eigenvalue weighted by molar-refractivity contribution is 0.153. The van der Waals surface area contributed by atoms with Gasteiger partial charge in [-0.15, -0.1) is 10.2 Å². The van der Waals surface area contributed by atoms with Crippen LogP contribution in [0.3, 0.4) is 0 Å². The SMILES string of the molecule is Cc1ccc(N2CC3(C2)CN(c2nnc4n2-c2ccc(Cl)cc2CN(C2(C)CC2)C4)C3)nc1. The molecule has 3 aromatic rings. The molecule has 33 heavy (non-hydrogen) atoms. The van der Waals surface area contributed by atoms with Crippen LogP contribution in [0.15, 0.2) is 36.5 Å². The highest BCUT2D eigenvalue weighted by Crippen LogP contribution is 2.46. The zero-order valence-corrected chi connectivity index (χ0v) is 19.9. The fraction of sp³-hybridized carbons (Fsp3) is 0.480. The number of aryl methyl sites for hydroxylation is 1. The van der Waals surface area contributed by atoms with Crippen LogP contribution in [-0.2, 0) is 13.1 Å². The summed E-state index contributed by atoms with van der Waals surface area (Å²) in [5.74, 6) is 3.08. The first-order valence-electron chi connectivity index (χ1n) is 11.8. The van der Waals surface area contributed by atoms with E-state index in [0.717, 1.165) is 61.9 Å². The number of hydrogen-bond acceptors (Lipinski definition) is 6. The largest absolute Gasteiger partial charge is 0.355 e. The van der Waals surface area contributed by atoms with Gasteiger partial charge >= 0.3 is 0 Å². The normalized spacial score (nSPS) is 22.3. The lowest BCUT2D eigenvalue weighted by Gasteiger charge is -2.60. The van der Waals surface area contributed by atoms with E-state index in [9.17, 15) is 0 Å². The molecule has 0 radical (unpaired) electrons. The predicted octanol–water partition coefficient (Wildman–Crippen LogP) is 3.82. The first kappa shape index (κ1) is 19.8. The summed E-state index contributed by atoms with van der Waals surface area (Å²) in [6, 6.07) is 10.5. The Bertz CT molecular complexity index is 1230. The summed E-state index contributed by atoms with van der Waals surface area (Å²) in [7, 11) is 0. The van der Waals surface area contributed by atoms with Crippen LogP contribution in [0.1, 0.15) is 36.7 Å². The molecule has 4 aliphatic rings. The quantitative estimate of drug-likeness (QED) is 0.591. The van der Waals surface area contributed by atoms with Gasteiger partial charge in [-0.1, -0.05) is 17.7 Å². The van der Waals surface area contributed by atoms with Crippen LogP contribution >= 0.6 is 11.6 Å². The Kier molecular flexibility index (Phi) is 4.02. The molecule has 0 amide bonds. The Hall–Kier alpha value is -2.64. The number of rotatable bonds is 3. The summed E-state index contributed by atoms with van der Waals surface area (Å²) < 4.78 is 2.28. The van der Waals surface area contributed by atoms with Crippen molar-refractivity contribution in [2.24, 2.45) is 5.41 Å². The Morgan fingerprint density at radius 1 is 0.939 bits per heavy atom. The van der Waals surface area contributed by atoms with E-state index >= 15 is 0 Å². The van der Waals surface area contributed by atoms with E-state index in [0.29, 0.717) is 5.41 Å². The Morgan fingerprint density at radius 3 is 2.45 bits per heavy atom. The first-order chi connectivity index (χ1) is 15.9. The third-order valence-electron chi connectivity index (χ3n) is 8.03. The van der Waals surface area contributed by atoms with Crippen molar-refractivity contribution in [3.05, 3.63) is 58.5 Å². The summed E-state index contributed by atoms with van der Waals surface area (Å²) in [6.45, 7) is 10.3. The topological polar surface area (TPSA) is 53.3 Å². The minimum Gasteiger partial charge on any atom is -0.355 e. The van der Waals surface area contributed by atoms with Gasteiger partial charge in [0.15, 0.2) is 5.82 Å². The van der Waals surface area contributed by atoms with E-state index in [1.54, 1.807) is 0 Å². The Balaban J connectivity index is 1.15. The van der Waals surface area contributed by atoms with Gasteiger partial charge in [-0.3, -0.25) is 9.47 Å². The van der Waals surface area contributed by atoms with E-state index in [1.165, 1.54) is 29.7 Å². The molecule has 1 aromatic carbocycles. The van der Waals surface area contributed by atoms with Crippen molar-refractivity contribution >= 4 is 23.4 Å². The smallest absolute Gasteiger partial charge is 0.231 e. The molecular weight excluding hydrogens is 434 g/mol. The number of aromatic nitrogens is 4. The van der Waals surface area contributed by atoms with Crippen LogP contribution in [0.25, 0.3) is 5.69 Å². The average molecular weight is 462 g/mol. The zero-order chi connectivity index (χ0) is 22.4. The summed E-state index contributed by atoms with van der Waals surface area (Å²) in [5.41, 5.74) is 4.22.